The zero-order valence-corrected chi connectivity index (χ0v) is 11.5. The maximum atomic E-state index is 5.89. The van der Waals surface area contributed by atoms with Gasteiger partial charge in [0, 0.05) is 13.6 Å². The smallest absolute Gasteiger partial charge is 0.318 e. The molecule has 0 bridgehead atoms. The largest absolute Gasteiger partial charge is 0.406 e. The highest BCUT2D eigenvalue weighted by Crippen LogP contribution is 2.22. The van der Waals surface area contributed by atoms with Gasteiger partial charge in [-0.1, -0.05) is 29.4 Å². The Morgan fingerprint density at radius 2 is 2.06 bits per heavy atom. The van der Waals surface area contributed by atoms with E-state index in [1.165, 1.54) is 11.1 Å². The molecule has 0 aliphatic heterocycles. The van der Waals surface area contributed by atoms with Gasteiger partial charge in [-0.25, -0.2) is 0 Å². The Kier molecular flexibility index (Phi) is 3.87. The standard InChI is InChI=1S/C13H16ClN3O/c1-9-6-4-5-7-11(9)8-17(3)13-16-15-12(18-13)10(2)14/h4-7,10H,8H2,1-3H3. The average molecular weight is 266 g/mol. The van der Waals surface area contributed by atoms with Crippen molar-refractivity contribution in [3.05, 3.63) is 41.3 Å². The summed E-state index contributed by atoms with van der Waals surface area (Å²) >= 11 is 5.89. The molecule has 5 heteroatoms. The number of halogens is 1. The Bertz CT molecular complexity index is 524. The molecular weight excluding hydrogens is 250 g/mol. The Hall–Kier alpha value is -1.55. The van der Waals surface area contributed by atoms with Gasteiger partial charge in [0.25, 0.3) is 0 Å². The molecular formula is C13H16ClN3O. The minimum atomic E-state index is -0.266. The molecule has 2 aromatic rings. The van der Waals surface area contributed by atoms with Crippen LogP contribution >= 0.6 is 11.6 Å². The number of hydrogen-bond acceptors (Lipinski definition) is 4. The summed E-state index contributed by atoms with van der Waals surface area (Å²) in [5.41, 5.74) is 2.48. The van der Waals surface area contributed by atoms with Crippen LogP contribution in [0.4, 0.5) is 6.01 Å². The second-order valence-corrected chi connectivity index (χ2v) is 4.98. The number of aromatic nitrogens is 2. The first-order valence-corrected chi connectivity index (χ1v) is 6.24. The summed E-state index contributed by atoms with van der Waals surface area (Å²) < 4.78 is 5.49. The second kappa shape index (κ2) is 5.40. The van der Waals surface area contributed by atoms with Gasteiger partial charge in [-0.3, -0.25) is 0 Å². The monoisotopic (exact) mass is 265 g/mol. The van der Waals surface area contributed by atoms with Crippen LogP contribution in [-0.2, 0) is 6.54 Å². The molecule has 0 saturated carbocycles. The first-order valence-electron chi connectivity index (χ1n) is 5.81. The van der Waals surface area contributed by atoms with Crippen molar-refractivity contribution in [3.8, 4) is 0 Å². The molecule has 2 rings (SSSR count). The fraction of sp³-hybridized carbons (Fsp3) is 0.385. The molecule has 1 aromatic heterocycles. The van der Waals surface area contributed by atoms with Crippen molar-refractivity contribution in [2.45, 2.75) is 25.8 Å². The number of rotatable bonds is 4. The number of hydrogen-bond donors (Lipinski definition) is 0. The van der Waals surface area contributed by atoms with E-state index in [0.717, 1.165) is 6.54 Å². The van der Waals surface area contributed by atoms with Crippen LogP contribution < -0.4 is 4.90 Å². The highest BCUT2D eigenvalue weighted by Gasteiger charge is 2.14. The molecule has 0 saturated heterocycles. The molecule has 1 atom stereocenters. The molecule has 18 heavy (non-hydrogen) atoms. The first kappa shape index (κ1) is 12.9. The van der Waals surface area contributed by atoms with E-state index in [-0.39, 0.29) is 5.38 Å². The van der Waals surface area contributed by atoms with E-state index in [0.29, 0.717) is 11.9 Å². The Morgan fingerprint density at radius 1 is 1.33 bits per heavy atom. The summed E-state index contributed by atoms with van der Waals surface area (Å²) in [5, 5.41) is 7.63. The van der Waals surface area contributed by atoms with E-state index in [4.69, 9.17) is 16.0 Å². The molecule has 0 aliphatic rings. The van der Waals surface area contributed by atoms with E-state index in [9.17, 15) is 0 Å². The van der Waals surface area contributed by atoms with Crippen molar-refractivity contribution in [1.29, 1.82) is 0 Å². The van der Waals surface area contributed by atoms with Crippen LogP contribution in [0.5, 0.6) is 0 Å². The topological polar surface area (TPSA) is 42.2 Å². The Morgan fingerprint density at radius 3 is 2.67 bits per heavy atom. The van der Waals surface area contributed by atoms with Crippen molar-refractivity contribution in [2.75, 3.05) is 11.9 Å². The predicted octanol–water partition coefficient (Wildman–Crippen LogP) is 3.31. The predicted molar refractivity (Wildman–Crippen MR) is 71.9 cm³/mol. The normalized spacial score (nSPS) is 12.4. The zero-order valence-electron chi connectivity index (χ0n) is 10.7. The molecule has 0 fully saturated rings. The molecule has 4 nitrogen and oxygen atoms in total. The summed E-state index contributed by atoms with van der Waals surface area (Å²) in [6.45, 7) is 4.62. The van der Waals surface area contributed by atoms with Gasteiger partial charge < -0.3 is 9.32 Å². The van der Waals surface area contributed by atoms with Gasteiger partial charge in [-0.2, -0.15) is 0 Å². The van der Waals surface area contributed by atoms with Crippen LogP contribution in [0.25, 0.3) is 0 Å². The Labute approximate surface area is 112 Å². The third kappa shape index (κ3) is 2.82. The van der Waals surface area contributed by atoms with Crippen LogP contribution in [0.3, 0.4) is 0 Å². The van der Waals surface area contributed by atoms with Gasteiger partial charge in [0.1, 0.15) is 5.38 Å². The van der Waals surface area contributed by atoms with Crippen molar-refractivity contribution in [3.63, 3.8) is 0 Å². The minimum Gasteiger partial charge on any atom is -0.406 e. The highest BCUT2D eigenvalue weighted by molar-refractivity contribution is 6.20. The number of nitrogens with zero attached hydrogens (tertiary/aromatic N) is 3. The van der Waals surface area contributed by atoms with Crippen LogP contribution in [0.2, 0.25) is 0 Å². The van der Waals surface area contributed by atoms with Crippen molar-refractivity contribution in [1.82, 2.24) is 10.2 Å². The summed E-state index contributed by atoms with van der Waals surface area (Å²) in [4.78, 5) is 1.91. The Balaban J connectivity index is 2.12. The lowest BCUT2D eigenvalue weighted by atomic mass is 10.1. The van der Waals surface area contributed by atoms with Crippen molar-refractivity contribution < 1.29 is 4.42 Å². The first-order chi connectivity index (χ1) is 8.58. The number of anilines is 1. The van der Waals surface area contributed by atoms with E-state index < -0.39 is 0 Å². The average Bonchev–Trinajstić information content (AvgIpc) is 2.81. The van der Waals surface area contributed by atoms with Gasteiger partial charge in [-0.15, -0.1) is 16.7 Å². The number of benzene rings is 1. The fourth-order valence-corrected chi connectivity index (χ4v) is 1.74. The summed E-state index contributed by atoms with van der Waals surface area (Å²) in [7, 11) is 1.92. The van der Waals surface area contributed by atoms with Gasteiger partial charge >= 0.3 is 6.01 Å². The van der Waals surface area contributed by atoms with Crippen LogP contribution in [0.1, 0.15) is 29.3 Å². The van der Waals surface area contributed by atoms with E-state index in [1.54, 1.807) is 6.92 Å². The lowest BCUT2D eigenvalue weighted by Crippen LogP contribution is -2.17. The van der Waals surface area contributed by atoms with Gasteiger partial charge in [0.15, 0.2) is 0 Å². The number of alkyl halides is 1. The van der Waals surface area contributed by atoms with Crippen molar-refractivity contribution >= 4 is 17.6 Å². The highest BCUT2D eigenvalue weighted by atomic mass is 35.5. The molecule has 1 heterocycles. The molecule has 1 aromatic carbocycles. The third-order valence-electron chi connectivity index (χ3n) is 2.77. The van der Waals surface area contributed by atoms with Gasteiger partial charge in [0.05, 0.1) is 0 Å². The van der Waals surface area contributed by atoms with E-state index in [2.05, 4.69) is 29.3 Å². The van der Waals surface area contributed by atoms with E-state index in [1.807, 2.05) is 24.1 Å². The van der Waals surface area contributed by atoms with Crippen LogP contribution in [0, 0.1) is 6.92 Å². The maximum absolute atomic E-state index is 5.89. The van der Waals surface area contributed by atoms with Crippen LogP contribution in [-0.4, -0.2) is 17.2 Å². The van der Waals surface area contributed by atoms with E-state index >= 15 is 0 Å². The SMILES string of the molecule is Cc1ccccc1CN(C)c1nnc(C(C)Cl)o1. The molecule has 1 unspecified atom stereocenters. The fourth-order valence-electron chi connectivity index (χ4n) is 1.65. The molecule has 96 valence electrons. The second-order valence-electron chi connectivity index (χ2n) is 4.32. The number of aryl methyl sites for hydroxylation is 1. The lowest BCUT2D eigenvalue weighted by molar-refractivity contribution is 0.489. The zero-order chi connectivity index (χ0) is 13.1. The molecule has 0 amide bonds. The molecule has 0 aliphatic carbocycles. The molecule has 0 radical (unpaired) electrons. The lowest BCUT2D eigenvalue weighted by Gasteiger charge is -2.15. The maximum Gasteiger partial charge on any atom is 0.318 e. The molecule has 0 N–H and O–H groups in total. The minimum absolute atomic E-state index is 0.266. The van der Waals surface area contributed by atoms with Crippen LogP contribution in [0.15, 0.2) is 28.7 Å². The quantitative estimate of drug-likeness (QED) is 0.796. The summed E-state index contributed by atoms with van der Waals surface area (Å²) in [5.74, 6) is 0.448. The van der Waals surface area contributed by atoms with Gasteiger partial charge in [-0.05, 0) is 25.0 Å². The van der Waals surface area contributed by atoms with Gasteiger partial charge in [0.2, 0.25) is 5.89 Å². The summed E-state index contributed by atoms with van der Waals surface area (Å²) in [6.07, 6.45) is 0. The molecule has 0 spiro atoms. The van der Waals surface area contributed by atoms with Crippen molar-refractivity contribution in [2.24, 2.45) is 0 Å². The summed E-state index contributed by atoms with van der Waals surface area (Å²) in [6, 6.07) is 8.71. The third-order valence-corrected chi connectivity index (χ3v) is 2.95.